The van der Waals surface area contributed by atoms with Crippen LogP contribution in [0.3, 0.4) is 0 Å². The summed E-state index contributed by atoms with van der Waals surface area (Å²) in [5.74, 6) is -0.176. The quantitative estimate of drug-likeness (QED) is 0.809. The zero-order chi connectivity index (χ0) is 11.5. The van der Waals surface area contributed by atoms with Crippen LogP contribution in [-0.2, 0) is 6.42 Å². The molecule has 1 aromatic rings. The van der Waals surface area contributed by atoms with E-state index in [1.807, 2.05) is 13.0 Å². The molecule has 0 unspecified atom stereocenters. The highest BCUT2D eigenvalue weighted by atomic mass is 19.1. The van der Waals surface area contributed by atoms with Crippen molar-refractivity contribution in [2.75, 3.05) is 0 Å². The molecule has 0 fully saturated rings. The summed E-state index contributed by atoms with van der Waals surface area (Å²) < 4.78 is 13.1. The van der Waals surface area contributed by atoms with E-state index in [0.717, 1.165) is 30.4 Å². The fraction of sp³-hybridized carbons (Fsp3) is 0.538. The lowest BCUT2D eigenvalue weighted by molar-refractivity contribution is 0.392. The van der Waals surface area contributed by atoms with E-state index in [2.05, 4.69) is 13.8 Å². The van der Waals surface area contributed by atoms with Crippen LogP contribution < -0.4 is 5.73 Å². The van der Waals surface area contributed by atoms with Gasteiger partial charge < -0.3 is 5.73 Å². The average molecular weight is 209 g/mol. The van der Waals surface area contributed by atoms with Crippen LogP contribution >= 0.6 is 0 Å². The van der Waals surface area contributed by atoms with E-state index in [0.29, 0.717) is 0 Å². The largest absolute Gasteiger partial charge is 0.325 e. The van der Waals surface area contributed by atoms with Crippen molar-refractivity contribution in [1.82, 2.24) is 0 Å². The van der Waals surface area contributed by atoms with Crippen LogP contribution in [0.1, 0.15) is 37.8 Å². The number of aryl methyl sites for hydroxylation is 1. The molecule has 0 heterocycles. The molecule has 0 aromatic heterocycles. The molecule has 84 valence electrons. The Morgan fingerprint density at radius 2 is 1.87 bits per heavy atom. The topological polar surface area (TPSA) is 26.0 Å². The maximum Gasteiger partial charge on any atom is 0.123 e. The van der Waals surface area contributed by atoms with Gasteiger partial charge in [0.2, 0.25) is 0 Å². The van der Waals surface area contributed by atoms with Crippen molar-refractivity contribution in [3.05, 3.63) is 35.1 Å². The fourth-order valence-electron chi connectivity index (χ4n) is 1.71. The van der Waals surface area contributed by atoms with Crippen LogP contribution in [0, 0.1) is 12.7 Å². The van der Waals surface area contributed by atoms with Crippen molar-refractivity contribution in [2.24, 2.45) is 5.73 Å². The molecular weight excluding hydrogens is 189 g/mol. The summed E-state index contributed by atoms with van der Waals surface area (Å²) >= 11 is 0. The molecule has 0 radical (unpaired) electrons. The molecule has 1 rings (SSSR count). The zero-order valence-electron chi connectivity index (χ0n) is 9.81. The van der Waals surface area contributed by atoms with Crippen LogP contribution in [-0.4, -0.2) is 5.54 Å². The fourth-order valence-corrected chi connectivity index (χ4v) is 1.71. The van der Waals surface area contributed by atoms with Crippen molar-refractivity contribution < 1.29 is 4.39 Å². The number of rotatable bonds is 4. The molecular formula is C13H20FN. The van der Waals surface area contributed by atoms with Crippen LogP contribution in [0.25, 0.3) is 0 Å². The van der Waals surface area contributed by atoms with Gasteiger partial charge in [-0.05, 0) is 49.4 Å². The molecule has 0 aliphatic heterocycles. The van der Waals surface area contributed by atoms with Crippen LogP contribution in [0.2, 0.25) is 0 Å². The monoisotopic (exact) mass is 209 g/mol. The van der Waals surface area contributed by atoms with Crippen molar-refractivity contribution in [1.29, 1.82) is 0 Å². The van der Waals surface area contributed by atoms with Gasteiger partial charge in [0.05, 0.1) is 0 Å². The summed E-state index contributed by atoms with van der Waals surface area (Å²) in [7, 11) is 0. The van der Waals surface area contributed by atoms with Gasteiger partial charge in [0.25, 0.3) is 0 Å². The molecule has 0 saturated heterocycles. The standard InChI is InChI=1S/C13H20FN/c1-4-13(15,5-2)9-11-8-12(14)7-6-10(11)3/h6-8H,4-5,9,15H2,1-3H3. The van der Waals surface area contributed by atoms with Crippen LogP contribution in [0.4, 0.5) is 4.39 Å². The first-order valence-corrected chi connectivity index (χ1v) is 5.54. The minimum absolute atomic E-state index is 0.176. The minimum Gasteiger partial charge on any atom is -0.325 e. The SMILES string of the molecule is CCC(N)(CC)Cc1cc(F)ccc1C. The molecule has 0 aliphatic carbocycles. The van der Waals surface area contributed by atoms with E-state index in [-0.39, 0.29) is 11.4 Å². The Morgan fingerprint density at radius 1 is 1.27 bits per heavy atom. The van der Waals surface area contributed by atoms with Gasteiger partial charge in [-0.15, -0.1) is 0 Å². The van der Waals surface area contributed by atoms with Gasteiger partial charge in [-0.1, -0.05) is 19.9 Å². The molecule has 0 bridgehead atoms. The number of halogens is 1. The second-order valence-corrected chi connectivity index (χ2v) is 4.32. The zero-order valence-corrected chi connectivity index (χ0v) is 9.81. The number of hydrogen-bond donors (Lipinski definition) is 1. The Kier molecular flexibility index (Phi) is 3.86. The Balaban J connectivity index is 2.92. The summed E-state index contributed by atoms with van der Waals surface area (Å²) in [5.41, 5.74) is 8.18. The second kappa shape index (κ2) is 4.75. The normalized spacial score (nSPS) is 11.8. The smallest absolute Gasteiger partial charge is 0.123 e. The molecule has 0 spiro atoms. The van der Waals surface area contributed by atoms with E-state index in [1.54, 1.807) is 6.07 Å². The molecule has 1 aromatic carbocycles. The average Bonchev–Trinajstić information content (AvgIpc) is 2.23. The number of nitrogens with two attached hydrogens (primary N) is 1. The maximum atomic E-state index is 13.1. The van der Waals surface area contributed by atoms with Crippen LogP contribution in [0.5, 0.6) is 0 Å². The lowest BCUT2D eigenvalue weighted by atomic mass is 9.85. The summed E-state index contributed by atoms with van der Waals surface area (Å²) in [6.07, 6.45) is 2.59. The second-order valence-electron chi connectivity index (χ2n) is 4.32. The molecule has 0 saturated carbocycles. The van der Waals surface area contributed by atoms with E-state index >= 15 is 0 Å². The molecule has 0 atom stereocenters. The predicted molar refractivity (Wildman–Crippen MR) is 62.3 cm³/mol. The van der Waals surface area contributed by atoms with Gasteiger partial charge in [0.1, 0.15) is 5.82 Å². The van der Waals surface area contributed by atoms with Crippen molar-refractivity contribution >= 4 is 0 Å². The molecule has 0 aliphatic rings. The van der Waals surface area contributed by atoms with Gasteiger partial charge in [-0.2, -0.15) is 0 Å². The predicted octanol–water partition coefficient (Wildman–Crippen LogP) is 3.19. The molecule has 0 amide bonds. The molecule has 2 heteroatoms. The highest BCUT2D eigenvalue weighted by molar-refractivity contribution is 5.28. The first-order chi connectivity index (χ1) is 7.00. The lowest BCUT2D eigenvalue weighted by Crippen LogP contribution is -2.40. The van der Waals surface area contributed by atoms with Gasteiger partial charge in [0, 0.05) is 5.54 Å². The summed E-state index contributed by atoms with van der Waals surface area (Å²) in [6.45, 7) is 6.16. The van der Waals surface area contributed by atoms with Crippen LogP contribution in [0.15, 0.2) is 18.2 Å². The Labute approximate surface area is 91.5 Å². The highest BCUT2D eigenvalue weighted by Gasteiger charge is 2.21. The third-order valence-corrected chi connectivity index (χ3v) is 3.26. The minimum atomic E-state index is -0.196. The van der Waals surface area contributed by atoms with Crippen molar-refractivity contribution in [3.8, 4) is 0 Å². The number of hydrogen-bond acceptors (Lipinski definition) is 1. The molecule has 15 heavy (non-hydrogen) atoms. The lowest BCUT2D eigenvalue weighted by Gasteiger charge is -2.27. The van der Waals surface area contributed by atoms with Crippen molar-refractivity contribution in [3.63, 3.8) is 0 Å². The number of benzene rings is 1. The van der Waals surface area contributed by atoms with E-state index in [4.69, 9.17) is 5.73 Å². The van der Waals surface area contributed by atoms with E-state index in [1.165, 1.54) is 6.07 Å². The first kappa shape index (κ1) is 12.2. The Morgan fingerprint density at radius 3 is 2.40 bits per heavy atom. The van der Waals surface area contributed by atoms with Gasteiger partial charge in [-0.25, -0.2) is 4.39 Å². The highest BCUT2D eigenvalue weighted by Crippen LogP contribution is 2.21. The maximum absolute atomic E-state index is 13.1. The van der Waals surface area contributed by atoms with Gasteiger partial charge >= 0.3 is 0 Å². The third kappa shape index (κ3) is 3.03. The van der Waals surface area contributed by atoms with Crippen molar-refractivity contribution in [2.45, 2.75) is 45.6 Å². The van der Waals surface area contributed by atoms with E-state index in [9.17, 15) is 4.39 Å². The Hall–Kier alpha value is -0.890. The Bertz CT molecular complexity index is 329. The molecule has 1 nitrogen and oxygen atoms in total. The van der Waals surface area contributed by atoms with Gasteiger partial charge in [-0.3, -0.25) is 0 Å². The summed E-state index contributed by atoms with van der Waals surface area (Å²) in [5, 5.41) is 0. The first-order valence-electron chi connectivity index (χ1n) is 5.54. The summed E-state index contributed by atoms with van der Waals surface area (Å²) in [6, 6.07) is 4.91. The van der Waals surface area contributed by atoms with E-state index < -0.39 is 0 Å². The van der Waals surface area contributed by atoms with Gasteiger partial charge in [0.15, 0.2) is 0 Å². The third-order valence-electron chi connectivity index (χ3n) is 3.26. The molecule has 2 N–H and O–H groups in total. The summed E-state index contributed by atoms with van der Waals surface area (Å²) in [4.78, 5) is 0.